The van der Waals surface area contributed by atoms with Gasteiger partial charge in [-0.05, 0) is 52.9 Å². The molecule has 0 fully saturated rings. The van der Waals surface area contributed by atoms with Gasteiger partial charge >= 0.3 is 0 Å². The van der Waals surface area contributed by atoms with Gasteiger partial charge in [-0.25, -0.2) is 0 Å². The van der Waals surface area contributed by atoms with Crippen LogP contribution in [0.1, 0.15) is 10.4 Å². The van der Waals surface area contributed by atoms with Gasteiger partial charge < -0.3 is 16.2 Å². The number of carbonyl (C=O) groups is 1. The highest BCUT2D eigenvalue weighted by molar-refractivity contribution is 14.1. The number of anilines is 1. The molecule has 2 aromatic rings. The van der Waals surface area contributed by atoms with E-state index in [0.29, 0.717) is 22.7 Å². The third-order valence-electron chi connectivity index (χ3n) is 2.35. The van der Waals surface area contributed by atoms with E-state index in [0.717, 1.165) is 3.57 Å². The van der Waals surface area contributed by atoms with E-state index in [1.165, 1.54) is 0 Å². The number of carbonyl (C=O) groups excluding carboxylic acids is 1. The molecule has 0 atom stereocenters. The van der Waals surface area contributed by atoms with Crippen LogP contribution in [0.5, 0.6) is 11.5 Å². The van der Waals surface area contributed by atoms with Crippen LogP contribution in [0.4, 0.5) is 5.69 Å². The van der Waals surface area contributed by atoms with E-state index in [2.05, 4.69) is 22.6 Å². The zero-order valence-corrected chi connectivity index (χ0v) is 11.5. The molecule has 0 aliphatic rings. The van der Waals surface area contributed by atoms with Gasteiger partial charge in [-0.2, -0.15) is 0 Å². The van der Waals surface area contributed by atoms with Crippen molar-refractivity contribution in [2.24, 2.45) is 5.73 Å². The van der Waals surface area contributed by atoms with E-state index >= 15 is 0 Å². The van der Waals surface area contributed by atoms with Crippen molar-refractivity contribution in [3.8, 4) is 11.5 Å². The number of hydrogen-bond donors (Lipinski definition) is 2. The third-order valence-corrected chi connectivity index (χ3v) is 3.25. The van der Waals surface area contributed by atoms with E-state index in [1.807, 2.05) is 24.3 Å². The Kier molecular flexibility index (Phi) is 3.71. The minimum Gasteiger partial charge on any atom is -0.454 e. The summed E-state index contributed by atoms with van der Waals surface area (Å²) >= 11 is 2.16. The highest BCUT2D eigenvalue weighted by Crippen LogP contribution is 2.31. The number of nitrogens with two attached hydrogens (primary N) is 2. The van der Waals surface area contributed by atoms with E-state index < -0.39 is 5.91 Å². The van der Waals surface area contributed by atoms with Crippen LogP contribution in [0.2, 0.25) is 0 Å². The quantitative estimate of drug-likeness (QED) is 0.657. The molecule has 92 valence electrons. The largest absolute Gasteiger partial charge is 0.454 e. The van der Waals surface area contributed by atoms with E-state index in [1.54, 1.807) is 18.2 Å². The zero-order valence-electron chi connectivity index (χ0n) is 9.39. The first kappa shape index (κ1) is 12.7. The van der Waals surface area contributed by atoms with Gasteiger partial charge in [0.15, 0.2) is 5.75 Å². The van der Waals surface area contributed by atoms with Crippen LogP contribution in [0.15, 0.2) is 42.5 Å². The lowest BCUT2D eigenvalue weighted by Crippen LogP contribution is -2.11. The van der Waals surface area contributed by atoms with Crippen molar-refractivity contribution in [1.82, 2.24) is 0 Å². The molecule has 0 unspecified atom stereocenters. The maximum absolute atomic E-state index is 11.1. The van der Waals surface area contributed by atoms with Gasteiger partial charge in [-0.1, -0.05) is 12.1 Å². The van der Waals surface area contributed by atoms with Crippen LogP contribution in [0.25, 0.3) is 0 Å². The molecular formula is C13H11IN2O2. The summed E-state index contributed by atoms with van der Waals surface area (Å²) in [5.74, 6) is 0.601. The Hall–Kier alpha value is -1.76. The summed E-state index contributed by atoms with van der Waals surface area (Å²) in [6.07, 6.45) is 0. The van der Waals surface area contributed by atoms with Gasteiger partial charge in [-0.15, -0.1) is 0 Å². The number of rotatable bonds is 3. The number of primary amides is 1. The molecule has 4 N–H and O–H groups in total. The molecule has 18 heavy (non-hydrogen) atoms. The first-order chi connectivity index (χ1) is 8.58. The molecule has 0 saturated heterocycles. The molecule has 0 aromatic heterocycles. The summed E-state index contributed by atoms with van der Waals surface area (Å²) in [6, 6.07) is 12.2. The molecular weight excluding hydrogens is 343 g/mol. The molecule has 2 aromatic carbocycles. The predicted molar refractivity (Wildman–Crippen MR) is 78.6 cm³/mol. The van der Waals surface area contributed by atoms with Crippen LogP contribution in [-0.4, -0.2) is 5.91 Å². The van der Waals surface area contributed by atoms with Crippen molar-refractivity contribution < 1.29 is 9.53 Å². The fourth-order valence-electron chi connectivity index (χ4n) is 1.42. The topological polar surface area (TPSA) is 78.3 Å². The molecule has 0 saturated carbocycles. The number of amides is 1. The smallest absolute Gasteiger partial charge is 0.248 e. The van der Waals surface area contributed by atoms with Crippen molar-refractivity contribution in [1.29, 1.82) is 0 Å². The number of nitrogen functional groups attached to an aromatic ring is 1. The van der Waals surface area contributed by atoms with Gasteiger partial charge in [0.2, 0.25) is 5.91 Å². The Morgan fingerprint density at radius 1 is 1.11 bits per heavy atom. The molecule has 2 rings (SSSR count). The van der Waals surface area contributed by atoms with Crippen molar-refractivity contribution in [2.75, 3.05) is 5.73 Å². The molecule has 0 spiro atoms. The lowest BCUT2D eigenvalue weighted by Gasteiger charge is -2.10. The maximum Gasteiger partial charge on any atom is 0.248 e. The zero-order chi connectivity index (χ0) is 13.1. The molecule has 1 amide bonds. The number of ether oxygens (including phenoxy) is 1. The van der Waals surface area contributed by atoms with E-state index in [-0.39, 0.29) is 0 Å². The number of benzene rings is 2. The summed E-state index contributed by atoms with van der Waals surface area (Å²) in [5, 5.41) is 0. The van der Waals surface area contributed by atoms with Crippen LogP contribution in [0, 0.1) is 3.57 Å². The summed E-state index contributed by atoms with van der Waals surface area (Å²) in [4.78, 5) is 11.1. The molecule has 4 nitrogen and oxygen atoms in total. The predicted octanol–water partition coefficient (Wildman–Crippen LogP) is 2.76. The average Bonchev–Trinajstić information content (AvgIpc) is 2.34. The third kappa shape index (κ3) is 2.73. The Labute approximate surface area is 118 Å². The Bertz CT molecular complexity index is 599. The van der Waals surface area contributed by atoms with Gasteiger partial charge in [0.1, 0.15) is 5.75 Å². The fraction of sp³-hybridized carbons (Fsp3) is 0. The Balaban J connectivity index is 2.37. The summed E-state index contributed by atoms with van der Waals surface area (Å²) < 4.78 is 6.65. The highest BCUT2D eigenvalue weighted by atomic mass is 127. The maximum atomic E-state index is 11.1. The summed E-state index contributed by atoms with van der Waals surface area (Å²) in [5.41, 5.74) is 11.9. The van der Waals surface area contributed by atoms with Gasteiger partial charge in [0, 0.05) is 5.56 Å². The summed E-state index contributed by atoms with van der Waals surface area (Å²) in [6.45, 7) is 0. The molecule has 0 aliphatic carbocycles. The fourth-order valence-corrected chi connectivity index (χ4v) is 1.92. The second-order valence-electron chi connectivity index (χ2n) is 3.65. The van der Waals surface area contributed by atoms with Crippen LogP contribution < -0.4 is 16.2 Å². The van der Waals surface area contributed by atoms with Crippen LogP contribution >= 0.6 is 22.6 Å². The minimum absolute atomic E-state index is 0.366. The molecule has 0 heterocycles. The number of halogens is 1. The van der Waals surface area contributed by atoms with Crippen molar-refractivity contribution in [3.05, 3.63) is 51.6 Å². The lowest BCUT2D eigenvalue weighted by atomic mass is 10.2. The second-order valence-corrected chi connectivity index (χ2v) is 4.81. The molecule has 5 heteroatoms. The normalized spacial score (nSPS) is 10.1. The second kappa shape index (κ2) is 5.26. The first-order valence-corrected chi connectivity index (χ1v) is 6.27. The average molecular weight is 354 g/mol. The van der Waals surface area contributed by atoms with Crippen molar-refractivity contribution in [2.45, 2.75) is 0 Å². The van der Waals surface area contributed by atoms with Crippen molar-refractivity contribution in [3.63, 3.8) is 0 Å². The van der Waals surface area contributed by atoms with Gasteiger partial charge in [-0.3, -0.25) is 4.79 Å². The Morgan fingerprint density at radius 3 is 2.50 bits per heavy atom. The standard InChI is InChI=1S/C13H11IN2O2/c14-9-3-1-2-4-11(9)18-12-7-8(13(16)17)5-6-10(12)15/h1-7H,15H2,(H2,16,17). The highest BCUT2D eigenvalue weighted by Gasteiger charge is 2.08. The van der Waals surface area contributed by atoms with Gasteiger partial charge in [0.25, 0.3) is 0 Å². The first-order valence-electron chi connectivity index (χ1n) is 5.19. The molecule has 0 aliphatic heterocycles. The van der Waals surface area contributed by atoms with Crippen LogP contribution in [-0.2, 0) is 0 Å². The molecule has 0 bridgehead atoms. The van der Waals surface area contributed by atoms with Gasteiger partial charge in [0.05, 0.1) is 9.26 Å². The van der Waals surface area contributed by atoms with Crippen LogP contribution in [0.3, 0.4) is 0 Å². The van der Waals surface area contributed by atoms with E-state index in [9.17, 15) is 4.79 Å². The van der Waals surface area contributed by atoms with Crippen molar-refractivity contribution >= 4 is 34.2 Å². The minimum atomic E-state index is -0.511. The van der Waals surface area contributed by atoms with E-state index in [4.69, 9.17) is 16.2 Å². The monoisotopic (exact) mass is 354 g/mol. The Morgan fingerprint density at radius 2 is 1.83 bits per heavy atom. The number of para-hydroxylation sites is 1. The summed E-state index contributed by atoms with van der Waals surface area (Å²) in [7, 11) is 0. The lowest BCUT2D eigenvalue weighted by molar-refractivity contribution is 0.1000. The number of hydrogen-bond acceptors (Lipinski definition) is 3. The SMILES string of the molecule is NC(=O)c1ccc(N)c(Oc2ccccc2I)c1. The molecule has 0 radical (unpaired) electrons.